The van der Waals surface area contributed by atoms with E-state index >= 15 is 0 Å². The average Bonchev–Trinajstić information content (AvgIpc) is 3.21. The van der Waals surface area contributed by atoms with Crippen LogP contribution in [0.5, 0.6) is 0 Å². The summed E-state index contributed by atoms with van der Waals surface area (Å²) in [7, 11) is 0. The molecule has 3 aromatic rings. The van der Waals surface area contributed by atoms with Gasteiger partial charge < -0.3 is 14.6 Å². The molecule has 34 heavy (non-hydrogen) atoms. The van der Waals surface area contributed by atoms with Gasteiger partial charge in [-0.3, -0.25) is 9.88 Å². The number of cyclic esters (lactones) is 1. The van der Waals surface area contributed by atoms with Crippen molar-refractivity contribution in [3.8, 4) is 5.69 Å². The van der Waals surface area contributed by atoms with Gasteiger partial charge in [0.25, 0.3) is 0 Å². The van der Waals surface area contributed by atoms with E-state index in [1.807, 2.05) is 0 Å². The number of aromatic nitrogens is 5. The number of pyridine rings is 1. The molecular formula is C21H19F4N7O2. The average molecular weight is 477 g/mol. The number of carbonyl (C=O) groups is 1. The molecule has 1 amide bonds. The minimum absolute atomic E-state index is 0.0744. The zero-order chi connectivity index (χ0) is 24.1. The molecule has 178 valence electrons. The van der Waals surface area contributed by atoms with E-state index in [9.17, 15) is 22.4 Å². The minimum atomic E-state index is -4.51. The van der Waals surface area contributed by atoms with E-state index < -0.39 is 35.6 Å². The zero-order valence-electron chi connectivity index (χ0n) is 17.8. The second kappa shape index (κ2) is 7.92. The van der Waals surface area contributed by atoms with Crippen LogP contribution in [0.3, 0.4) is 0 Å². The summed E-state index contributed by atoms with van der Waals surface area (Å²) in [6, 6.07) is 1.69. The maximum atomic E-state index is 13.9. The molecule has 1 saturated carbocycles. The lowest BCUT2D eigenvalue weighted by molar-refractivity contribution is -0.137. The van der Waals surface area contributed by atoms with Gasteiger partial charge in [0.1, 0.15) is 24.6 Å². The monoisotopic (exact) mass is 477 g/mol. The molecule has 0 unspecified atom stereocenters. The van der Waals surface area contributed by atoms with Gasteiger partial charge in [-0.25, -0.2) is 19.2 Å². The summed E-state index contributed by atoms with van der Waals surface area (Å²) in [4.78, 5) is 29.9. The maximum Gasteiger partial charge on any atom is 0.417 e. The van der Waals surface area contributed by atoms with Crippen molar-refractivity contribution in [2.45, 2.75) is 43.7 Å². The van der Waals surface area contributed by atoms with Crippen LogP contribution in [-0.4, -0.2) is 49.4 Å². The van der Waals surface area contributed by atoms with Crippen LogP contribution < -0.4 is 10.2 Å². The lowest BCUT2D eigenvalue weighted by Gasteiger charge is -2.22. The van der Waals surface area contributed by atoms with Crippen molar-refractivity contribution in [2.75, 3.05) is 16.8 Å². The molecule has 3 aromatic heterocycles. The number of ether oxygens (including phenoxy) is 1. The molecule has 1 N–H and O–H groups in total. The SMILES string of the molecule is C[C@H](F)[C@H]1COC(=O)N1c1ccnc(NC2(c3cn(-c4cncc(C(F)(F)F)c4)cn3)CC2)n1. The van der Waals surface area contributed by atoms with Gasteiger partial charge in [-0.05, 0) is 31.9 Å². The fourth-order valence-corrected chi connectivity index (χ4v) is 3.80. The molecule has 1 aliphatic heterocycles. The smallest absolute Gasteiger partial charge is 0.417 e. The number of hydrogen-bond acceptors (Lipinski definition) is 7. The third-order valence-corrected chi connectivity index (χ3v) is 5.85. The number of halogens is 4. The van der Waals surface area contributed by atoms with Gasteiger partial charge in [0.2, 0.25) is 5.95 Å². The number of carbonyl (C=O) groups excluding carboxylic acids is 1. The van der Waals surface area contributed by atoms with Crippen molar-refractivity contribution < 1.29 is 27.1 Å². The quantitative estimate of drug-likeness (QED) is 0.539. The van der Waals surface area contributed by atoms with Crippen LogP contribution in [0.15, 0.2) is 43.2 Å². The van der Waals surface area contributed by atoms with Crippen molar-refractivity contribution >= 4 is 17.9 Å². The molecule has 0 bridgehead atoms. The first kappa shape index (κ1) is 22.0. The first-order valence-electron chi connectivity index (χ1n) is 10.4. The number of alkyl halides is 4. The molecule has 2 aliphatic rings. The highest BCUT2D eigenvalue weighted by atomic mass is 19.4. The number of amides is 1. The summed E-state index contributed by atoms with van der Waals surface area (Å²) in [5.74, 6) is 0.404. The molecule has 0 radical (unpaired) electrons. The van der Waals surface area contributed by atoms with Gasteiger partial charge in [-0.2, -0.15) is 18.2 Å². The highest BCUT2D eigenvalue weighted by Gasteiger charge is 2.47. The Bertz CT molecular complexity index is 1230. The first-order valence-corrected chi connectivity index (χ1v) is 10.4. The van der Waals surface area contributed by atoms with Gasteiger partial charge in [0.15, 0.2) is 0 Å². The summed E-state index contributed by atoms with van der Waals surface area (Å²) in [6.07, 6.45) is 1.43. The Balaban J connectivity index is 1.38. The second-order valence-corrected chi connectivity index (χ2v) is 8.23. The van der Waals surface area contributed by atoms with Gasteiger partial charge in [-0.15, -0.1) is 0 Å². The third kappa shape index (κ3) is 4.01. The molecule has 9 nitrogen and oxygen atoms in total. The second-order valence-electron chi connectivity index (χ2n) is 8.23. The molecule has 5 rings (SSSR count). The number of anilines is 2. The normalized spacial score (nSPS) is 20.2. The topological polar surface area (TPSA) is 98.1 Å². The molecular weight excluding hydrogens is 458 g/mol. The molecule has 2 fully saturated rings. The molecule has 0 aromatic carbocycles. The number of nitrogens with one attached hydrogen (secondary N) is 1. The Morgan fingerprint density at radius 2 is 2.06 bits per heavy atom. The molecule has 4 heterocycles. The Hall–Kier alpha value is -3.77. The van der Waals surface area contributed by atoms with E-state index in [2.05, 4.69) is 25.3 Å². The van der Waals surface area contributed by atoms with E-state index in [4.69, 9.17) is 4.74 Å². The molecule has 13 heteroatoms. The first-order chi connectivity index (χ1) is 16.2. The summed E-state index contributed by atoms with van der Waals surface area (Å²) in [5.41, 5.74) is -0.653. The Morgan fingerprint density at radius 3 is 2.76 bits per heavy atom. The Kier molecular flexibility index (Phi) is 5.14. The predicted molar refractivity (Wildman–Crippen MR) is 111 cm³/mol. The standard InChI is InChI=1S/C21H19F4N7O2/c1-12(22)15-10-34-19(33)32(15)17-2-5-27-18(29-17)30-20(3-4-20)16-9-31(11-28-16)14-6-13(7-26-8-14)21(23,24)25/h2,5-9,11-12,15H,3-4,10H2,1H3,(H,27,29,30)/t12-,15+/m0/s1. The minimum Gasteiger partial charge on any atom is -0.447 e. The van der Waals surface area contributed by atoms with E-state index in [-0.39, 0.29) is 24.1 Å². The van der Waals surface area contributed by atoms with Crippen LogP contribution in [-0.2, 0) is 16.5 Å². The number of rotatable bonds is 6. The van der Waals surface area contributed by atoms with Gasteiger partial charge in [0.05, 0.1) is 35.0 Å². The molecule has 2 atom stereocenters. The highest BCUT2D eigenvalue weighted by molar-refractivity contribution is 5.89. The highest BCUT2D eigenvalue weighted by Crippen LogP contribution is 2.47. The van der Waals surface area contributed by atoms with Crippen LogP contribution >= 0.6 is 0 Å². The van der Waals surface area contributed by atoms with Gasteiger partial charge in [-0.1, -0.05) is 0 Å². The fourth-order valence-electron chi connectivity index (χ4n) is 3.80. The summed E-state index contributed by atoms with van der Waals surface area (Å²) < 4.78 is 59.4. The predicted octanol–water partition coefficient (Wildman–Crippen LogP) is 3.86. The maximum absolute atomic E-state index is 13.9. The van der Waals surface area contributed by atoms with Crippen molar-refractivity contribution in [3.63, 3.8) is 0 Å². The summed E-state index contributed by atoms with van der Waals surface area (Å²) >= 11 is 0. The lowest BCUT2D eigenvalue weighted by Crippen LogP contribution is -2.39. The summed E-state index contributed by atoms with van der Waals surface area (Å²) in [6.45, 7) is 1.27. The van der Waals surface area contributed by atoms with Crippen molar-refractivity contribution in [2.24, 2.45) is 0 Å². The number of imidazole rings is 1. The zero-order valence-corrected chi connectivity index (χ0v) is 17.8. The van der Waals surface area contributed by atoms with Crippen LogP contribution in [0, 0.1) is 0 Å². The number of nitrogens with zero attached hydrogens (tertiary/aromatic N) is 6. The van der Waals surface area contributed by atoms with E-state index in [1.165, 1.54) is 36.3 Å². The van der Waals surface area contributed by atoms with Crippen molar-refractivity contribution in [1.82, 2.24) is 24.5 Å². The molecule has 0 spiro atoms. The fraction of sp³-hybridized carbons (Fsp3) is 0.381. The van der Waals surface area contributed by atoms with Crippen molar-refractivity contribution in [3.05, 3.63) is 54.5 Å². The van der Waals surface area contributed by atoms with Crippen molar-refractivity contribution in [1.29, 1.82) is 0 Å². The molecule has 1 aliphatic carbocycles. The van der Waals surface area contributed by atoms with E-state index in [0.717, 1.165) is 17.2 Å². The molecule has 1 saturated heterocycles. The van der Waals surface area contributed by atoms with Crippen LogP contribution in [0.4, 0.5) is 34.1 Å². The van der Waals surface area contributed by atoms with Crippen LogP contribution in [0.2, 0.25) is 0 Å². The van der Waals surface area contributed by atoms with Gasteiger partial charge >= 0.3 is 12.3 Å². The number of hydrogen-bond donors (Lipinski definition) is 1. The third-order valence-electron chi connectivity index (χ3n) is 5.85. The van der Waals surface area contributed by atoms with Crippen LogP contribution in [0.1, 0.15) is 31.0 Å². The van der Waals surface area contributed by atoms with E-state index in [1.54, 1.807) is 6.20 Å². The van der Waals surface area contributed by atoms with E-state index in [0.29, 0.717) is 18.5 Å². The largest absolute Gasteiger partial charge is 0.447 e. The lowest BCUT2D eigenvalue weighted by atomic mass is 10.2. The van der Waals surface area contributed by atoms with Gasteiger partial charge in [0, 0.05) is 18.6 Å². The Labute approximate surface area is 190 Å². The van der Waals surface area contributed by atoms with Crippen LogP contribution in [0.25, 0.3) is 5.69 Å². The summed E-state index contributed by atoms with van der Waals surface area (Å²) in [5, 5.41) is 3.20. The Morgan fingerprint density at radius 1 is 1.26 bits per heavy atom.